The molecule has 1 fully saturated rings. The molecule has 1 N–H and O–H groups in total. The molecule has 0 aromatic carbocycles. The largest absolute Gasteiger partial charge is 0.317 e. The molecule has 3 rings (SSSR count). The minimum absolute atomic E-state index is 0. The first-order chi connectivity index (χ1) is 6.91. The summed E-state index contributed by atoms with van der Waals surface area (Å²) in [5.41, 5.74) is 4.12. The van der Waals surface area contributed by atoms with Gasteiger partial charge in [-0.3, -0.25) is 0 Å². The second-order valence-electron chi connectivity index (χ2n) is 4.99. The standard InChI is InChI=1S/C13H19N.ClH/c1-2-4-12-11(3-1)5-6-13(12)7-9-14-10-8-13;/h2,4,14H,1,3,5-10H2;1H. The van der Waals surface area contributed by atoms with Crippen molar-refractivity contribution in [2.24, 2.45) is 5.41 Å². The lowest BCUT2D eigenvalue weighted by molar-refractivity contribution is 0.257. The van der Waals surface area contributed by atoms with Crippen molar-refractivity contribution in [1.29, 1.82) is 0 Å². The van der Waals surface area contributed by atoms with E-state index >= 15 is 0 Å². The third kappa shape index (κ3) is 1.76. The molecule has 3 aliphatic rings. The van der Waals surface area contributed by atoms with Gasteiger partial charge in [0.2, 0.25) is 0 Å². The van der Waals surface area contributed by atoms with E-state index in [1.165, 1.54) is 51.6 Å². The molecule has 2 heteroatoms. The molecule has 15 heavy (non-hydrogen) atoms. The van der Waals surface area contributed by atoms with Crippen LogP contribution in [0.25, 0.3) is 0 Å². The monoisotopic (exact) mass is 225 g/mol. The second kappa shape index (κ2) is 4.31. The van der Waals surface area contributed by atoms with Crippen LogP contribution in [0.1, 0.15) is 38.5 Å². The molecule has 1 spiro atoms. The van der Waals surface area contributed by atoms with E-state index in [-0.39, 0.29) is 12.4 Å². The van der Waals surface area contributed by atoms with Crippen molar-refractivity contribution in [2.75, 3.05) is 13.1 Å². The molecule has 1 nitrogen and oxygen atoms in total. The summed E-state index contributed by atoms with van der Waals surface area (Å²) in [5, 5.41) is 3.48. The molecule has 1 saturated heterocycles. The number of nitrogens with one attached hydrogen (secondary N) is 1. The van der Waals surface area contributed by atoms with Crippen molar-refractivity contribution >= 4 is 12.4 Å². The van der Waals surface area contributed by atoms with Gasteiger partial charge in [0.1, 0.15) is 0 Å². The summed E-state index contributed by atoms with van der Waals surface area (Å²) in [6.07, 6.45) is 13.0. The Labute approximate surface area is 98.4 Å². The van der Waals surface area contributed by atoms with Gasteiger partial charge in [-0.2, -0.15) is 0 Å². The molecule has 0 radical (unpaired) electrons. The van der Waals surface area contributed by atoms with Gasteiger partial charge in [0.05, 0.1) is 0 Å². The maximum atomic E-state index is 3.48. The summed E-state index contributed by atoms with van der Waals surface area (Å²) in [6, 6.07) is 0. The molecule has 0 amide bonds. The van der Waals surface area contributed by atoms with E-state index in [2.05, 4.69) is 17.5 Å². The highest BCUT2D eigenvalue weighted by Crippen LogP contribution is 2.51. The van der Waals surface area contributed by atoms with Crippen molar-refractivity contribution < 1.29 is 0 Å². The van der Waals surface area contributed by atoms with Crippen LogP contribution in [0.5, 0.6) is 0 Å². The predicted molar refractivity (Wildman–Crippen MR) is 66.4 cm³/mol. The van der Waals surface area contributed by atoms with Gasteiger partial charge in [-0.05, 0) is 62.6 Å². The normalized spacial score (nSPS) is 27.7. The van der Waals surface area contributed by atoms with E-state index in [9.17, 15) is 0 Å². The van der Waals surface area contributed by atoms with Crippen LogP contribution in [-0.4, -0.2) is 13.1 Å². The molecule has 1 heterocycles. The van der Waals surface area contributed by atoms with Crippen LogP contribution >= 0.6 is 12.4 Å². The van der Waals surface area contributed by atoms with Gasteiger partial charge in [0.25, 0.3) is 0 Å². The minimum atomic E-state index is 0. The zero-order chi connectivity index (χ0) is 9.43. The third-order valence-electron chi connectivity index (χ3n) is 4.32. The summed E-state index contributed by atoms with van der Waals surface area (Å²) in [4.78, 5) is 0. The molecular weight excluding hydrogens is 206 g/mol. The lowest BCUT2D eigenvalue weighted by Crippen LogP contribution is -2.36. The van der Waals surface area contributed by atoms with E-state index in [1.807, 2.05) is 0 Å². The predicted octanol–water partition coefficient (Wildman–Crippen LogP) is 3.22. The van der Waals surface area contributed by atoms with E-state index < -0.39 is 0 Å². The van der Waals surface area contributed by atoms with Crippen molar-refractivity contribution in [3.63, 3.8) is 0 Å². The first-order valence-corrected chi connectivity index (χ1v) is 6.01. The van der Waals surface area contributed by atoms with Crippen LogP contribution in [-0.2, 0) is 0 Å². The van der Waals surface area contributed by atoms with Gasteiger partial charge in [-0.25, -0.2) is 0 Å². The van der Waals surface area contributed by atoms with Crippen LogP contribution in [0.3, 0.4) is 0 Å². The highest BCUT2D eigenvalue weighted by atomic mass is 35.5. The Bertz CT molecular complexity index is 298. The zero-order valence-corrected chi connectivity index (χ0v) is 10.0. The molecule has 0 aromatic rings. The number of rotatable bonds is 0. The van der Waals surface area contributed by atoms with Crippen LogP contribution in [0, 0.1) is 5.41 Å². The maximum absolute atomic E-state index is 3.48. The Hall–Kier alpha value is -0.270. The number of halogens is 1. The van der Waals surface area contributed by atoms with Crippen molar-refractivity contribution in [3.05, 3.63) is 23.3 Å². The second-order valence-corrected chi connectivity index (χ2v) is 4.99. The van der Waals surface area contributed by atoms with Gasteiger partial charge in [0.15, 0.2) is 0 Å². The van der Waals surface area contributed by atoms with Crippen LogP contribution < -0.4 is 5.32 Å². The first kappa shape index (κ1) is 11.2. The molecule has 0 atom stereocenters. The molecule has 0 saturated carbocycles. The Kier molecular flexibility index (Phi) is 3.22. The van der Waals surface area contributed by atoms with E-state index in [0.29, 0.717) is 5.41 Å². The summed E-state index contributed by atoms with van der Waals surface area (Å²) in [5.74, 6) is 0. The fourth-order valence-corrected chi connectivity index (χ4v) is 3.47. The highest BCUT2D eigenvalue weighted by Gasteiger charge is 2.40. The number of piperidine rings is 1. The molecule has 0 unspecified atom stereocenters. The molecule has 0 bridgehead atoms. The summed E-state index contributed by atoms with van der Waals surface area (Å²) in [6.45, 7) is 2.45. The summed E-state index contributed by atoms with van der Waals surface area (Å²) in [7, 11) is 0. The average molecular weight is 226 g/mol. The summed E-state index contributed by atoms with van der Waals surface area (Å²) < 4.78 is 0. The van der Waals surface area contributed by atoms with Gasteiger partial charge < -0.3 is 5.32 Å². The maximum Gasteiger partial charge on any atom is -0.00204 e. The third-order valence-corrected chi connectivity index (χ3v) is 4.32. The lowest BCUT2D eigenvalue weighted by atomic mass is 9.72. The van der Waals surface area contributed by atoms with Crippen molar-refractivity contribution in [3.8, 4) is 0 Å². The van der Waals surface area contributed by atoms with Gasteiger partial charge in [0, 0.05) is 0 Å². The smallest absolute Gasteiger partial charge is 0.00204 e. The topological polar surface area (TPSA) is 12.0 Å². The minimum Gasteiger partial charge on any atom is -0.317 e. The Balaban J connectivity index is 0.000000853. The van der Waals surface area contributed by atoms with E-state index in [4.69, 9.17) is 0 Å². The summed E-state index contributed by atoms with van der Waals surface area (Å²) >= 11 is 0. The van der Waals surface area contributed by atoms with Gasteiger partial charge >= 0.3 is 0 Å². The molecule has 84 valence electrons. The fraction of sp³-hybridized carbons (Fsp3) is 0.692. The number of hydrogen-bond acceptors (Lipinski definition) is 1. The Morgan fingerprint density at radius 3 is 2.67 bits per heavy atom. The fourth-order valence-electron chi connectivity index (χ4n) is 3.47. The van der Waals surface area contributed by atoms with Gasteiger partial charge in [-0.1, -0.05) is 17.7 Å². The number of hydrogen-bond donors (Lipinski definition) is 1. The molecule has 0 aromatic heterocycles. The Morgan fingerprint density at radius 1 is 1.07 bits per heavy atom. The average Bonchev–Trinajstić information content (AvgIpc) is 2.60. The van der Waals surface area contributed by atoms with Crippen molar-refractivity contribution in [1.82, 2.24) is 5.32 Å². The van der Waals surface area contributed by atoms with Crippen LogP contribution in [0.2, 0.25) is 0 Å². The lowest BCUT2D eigenvalue weighted by Gasteiger charge is -2.36. The first-order valence-electron chi connectivity index (χ1n) is 6.01. The highest BCUT2D eigenvalue weighted by molar-refractivity contribution is 5.85. The molecule has 1 aliphatic heterocycles. The van der Waals surface area contributed by atoms with E-state index in [1.54, 1.807) is 11.1 Å². The number of fused-ring (bicyclic) bond motifs is 1. The Morgan fingerprint density at radius 2 is 1.87 bits per heavy atom. The zero-order valence-electron chi connectivity index (χ0n) is 9.22. The van der Waals surface area contributed by atoms with E-state index in [0.717, 1.165) is 0 Å². The van der Waals surface area contributed by atoms with Crippen LogP contribution in [0.4, 0.5) is 0 Å². The number of allylic oxidation sites excluding steroid dienone is 4. The SMILES string of the molecule is C1=CC2=C(CC1)CCC21CCNCC1.Cl. The van der Waals surface area contributed by atoms with Crippen LogP contribution in [0.15, 0.2) is 23.3 Å². The van der Waals surface area contributed by atoms with Crippen molar-refractivity contribution in [2.45, 2.75) is 38.5 Å². The van der Waals surface area contributed by atoms with Gasteiger partial charge in [-0.15, -0.1) is 12.4 Å². The quantitative estimate of drug-likeness (QED) is 0.668. The molecule has 2 aliphatic carbocycles. The molecular formula is C13H20ClN.